The molecule has 0 saturated heterocycles. The van der Waals surface area contributed by atoms with Crippen molar-refractivity contribution in [3.63, 3.8) is 0 Å². The monoisotopic (exact) mass is 378 g/mol. The Morgan fingerprint density at radius 1 is 1.31 bits per heavy atom. The van der Waals surface area contributed by atoms with Gasteiger partial charge in [0.15, 0.2) is 11.5 Å². The number of fused-ring (bicyclic) bond motifs is 1. The standard InChI is InChI=1S/C19H20ClFN2O3/c1-12(13-6-7-17-18(8-13)26-11-25-17)22-19(24)10-23(2)9-14-15(20)4-3-5-16(14)21/h3-8,12H,9-11H2,1-2H3,(H,22,24)/t12-/m0/s1. The van der Waals surface area contributed by atoms with Crippen LogP contribution in [0.25, 0.3) is 0 Å². The predicted molar refractivity (Wildman–Crippen MR) is 96.9 cm³/mol. The first-order valence-corrected chi connectivity index (χ1v) is 8.62. The van der Waals surface area contributed by atoms with Crippen LogP contribution in [-0.4, -0.2) is 31.2 Å². The van der Waals surface area contributed by atoms with Crippen LogP contribution < -0.4 is 14.8 Å². The van der Waals surface area contributed by atoms with Crippen LogP contribution >= 0.6 is 11.6 Å². The minimum absolute atomic E-state index is 0.125. The molecule has 0 spiro atoms. The number of ether oxygens (including phenoxy) is 2. The van der Waals surface area contributed by atoms with Gasteiger partial charge in [0.1, 0.15) is 5.82 Å². The Kier molecular flexibility index (Phi) is 5.64. The number of hydrogen-bond acceptors (Lipinski definition) is 4. The van der Waals surface area contributed by atoms with Gasteiger partial charge in [0.05, 0.1) is 12.6 Å². The highest BCUT2D eigenvalue weighted by molar-refractivity contribution is 6.31. The molecule has 1 heterocycles. The van der Waals surface area contributed by atoms with Crippen molar-refractivity contribution in [2.75, 3.05) is 20.4 Å². The van der Waals surface area contributed by atoms with E-state index in [2.05, 4.69) is 5.32 Å². The second-order valence-corrected chi connectivity index (χ2v) is 6.68. The van der Waals surface area contributed by atoms with Crippen molar-refractivity contribution in [2.24, 2.45) is 0 Å². The zero-order chi connectivity index (χ0) is 18.7. The van der Waals surface area contributed by atoms with Gasteiger partial charge in [-0.15, -0.1) is 0 Å². The molecule has 5 nitrogen and oxygen atoms in total. The Morgan fingerprint density at radius 2 is 2.08 bits per heavy atom. The van der Waals surface area contributed by atoms with Crippen LogP contribution in [0.15, 0.2) is 36.4 Å². The van der Waals surface area contributed by atoms with Crippen molar-refractivity contribution in [2.45, 2.75) is 19.5 Å². The Morgan fingerprint density at radius 3 is 2.85 bits per heavy atom. The third-order valence-electron chi connectivity index (χ3n) is 4.18. The molecule has 1 atom stereocenters. The molecule has 0 aromatic heterocycles. The summed E-state index contributed by atoms with van der Waals surface area (Å²) in [6.45, 7) is 2.48. The van der Waals surface area contributed by atoms with Crippen LogP contribution in [0, 0.1) is 5.82 Å². The number of nitrogens with one attached hydrogen (secondary N) is 1. The lowest BCUT2D eigenvalue weighted by Gasteiger charge is -2.20. The molecule has 138 valence electrons. The van der Waals surface area contributed by atoms with Gasteiger partial charge >= 0.3 is 0 Å². The Hall–Kier alpha value is -2.31. The van der Waals surface area contributed by atoms with E-state index < -0.39 is 0 Å². The summed E-state index contributed by atoms with van der Waals surface area (Å²) in [5.74, 6) is 0.840. The number of rotatable bonds is 6. The van der Waals surface area contributed by atoms with Crippen molar-refractivity contribution in [1.82, 2.24) is 10.2 Å². The molecule has 0 saturated carbocycles. The van der Waals surface area contributed by atoms with Crippen LogP contribution in [0.5, 0.6) is 11.5 Å². The maximum absolute atomic E-state index is 13.9. The van der Waals surface area contributed by atoms with Gasteiger partial charge < -0.3 is 14.8 Å². The zero-order valence-corrected chi connectivity index (χ0v) is 15.3. The molecule has 1 N–H and O–H groups in total. The highest BCUT2D eigenvalue weighted by atomic mass is 35.5. The molecule has 0 unspecified atom stereocenters. The van der Waals surface area contributed by atoms with Crippen molar-refractivity contribution in [1.29, 1.82) is 0 Å². The first-order valence-electron chi connectivity index (χ1n) is 8.24. The van der Waals surface area contributed by atoms with Crippen molar-refractivity contribution < 1.29 is 18.7 Å². The summed E-state index contributed by atoms with van der Waals surface area (Å²) >= 11 is 6.03. The minimum atomic E-state index is -0.376. The van der Waals surface area contributed by atoms with E-state index >= 15 is 0 Å². The van der Waals surface area contributed by atoms with Crippen LogP contribution in [-0.2, 0) is 11.3 Å². The van der Waals surface area contributed by atoms with Crippen LogP contribution in [0.2, 0.25) is 5.02 Å². The quantitative estimate of drug-likeness (QED) is 0.835. The maximum Gasteiger partial charge on any atom is 0.234 e. The molecule has 2 aromatic rings. The van der Waals surface area contributed by atoms with Gasteiger partial charge in [0, 0.05) is 17.1 Å². The average molecular weight is 379 g/mol. The summed E-state index contributed by atoms with van der Waals surface area (Å²) in [6, 6.07) is 9.93. The van der Waals surface area contributed by atoms with Crippen molar-refractivity contribution >= 4 is 17.5 Å². The van der Waals surface area contributed by atoms with E-state index in [0.29, 0.717) is 22.1 Å². The molecule has 2 aromatic carbocycles. The number of halogens is 2. The highest BCUT2D eigenvalue weighted by Gasteiger charge is 2.18. The van der Waals surface area contributed by atoms with Gasteiger partial charge in [0.2, 0.25) is 12.7 Å². The number of nitrogens with zero attached hydrogens (tertiary/aromatic N) is 1. The van der Waals surface area contributed by atoms with E-state index in [-0.39, 0.29) is 37.6 Å². The molecule has 1 amide bonds. The SMILES string of the molecule is C[C@H](NC(=O)CN(C)Cc1c(F)cccc1Cl)c1ccc2c(c1)OCO2. The lowest BCUT2D eigenvalue weighted by molar-refractivity contribution is -0.122. The lowest BCUT2D eigenvalue weighted by Crippen LogP contribution is -2.36. The van der Waals surface area contributed by atoms with Crippen LogP contribution in [0.3, 0.4) is 0 Å². The maximum atomic E-state index is 13.9. The van der Waals surface area contributed by atoms with Gasteiger partial charge in [-0.2, -0.15) is 0 Å². The van der Waals surface area contributed by atoms with E-state index in [9.17, 15) is 9.18 Å². The minimum Gasteiger partial charge on any atom is -0.454 e. The summed E-state index contributed by atoms with van der Waals surface area (Å²) in [4.78, 5) is 14.0. The fourth-order valence-electron chi connectivity index (χ4n) is 2.81. The van der Waals surface area contributed by atoms with E-state index in [1.54, 1.807) is 24.1 Å². The average Bonchev–Trinajstić information content (AvgIpc) is 3.05. The third kappa shape index (κ3) is 4.26. The lowest BCUT2D eigenvalue weighted by atomic mass is 10.1. The molecule has 0 aliphatic carbocycles. The zero-order valence-electron chi connectivity index (χ0n) is 14.6. The smallest absolute Gasteiger partial charge is 0.234 e. The van der Waals surface area contributed by atoms with Crippen molar-refractivity contribution in [3.05, 3.63) is 58.4 Å². The van der Waals surface area contributed by atoms with Gasteiger partial charge in [-0.25, -0.2) is 4.39 Å². The number of likely N-dealkylation sites (N-methyl/N-ethyl adjacent to an activating group) is 1. The topological polar surface area (TPSA) is 50.8 Å². The number of hydrogen-bond donors (Lipinski definition) is 1. The first-order chi connectivity index (χ1) is 12.4. The normalized spacial score (nSPS) is 13.7. The number of benzene rings is 2. The molecule has 1 aliphatic rings. The molecule has 26 heavy (non-hydrogen) atoms. The second-order valence-electron chi connectivity index (χ2n) is 6.27. The molecule has 1 aliphatic heterocycles. The highest BCUT2D eigenvalue weighted by Crippen LogP contribution is 2.34. The molecular weight excluding hydrogens is 359 g/mol. The van der Waals surface area contributed by atoms with Gasteiger partial charge in [-0.05, 0) is 43.8 Å². The first kappa shape index (κ1) is 18.5. The Balaban J connectivity index is 1.56. The molecule has 3 rings (SSSR count). The largest absolute Gasteiger partial charge is 0.454 e. The molecule has 0 fully saturated rings. The summed E-state index contributed by atoms with van der Waals surface area (Å²) < 4.78 is 24.5. The fourth-order valence-corrected chi connectivity index (χ4v) is 3.03. The Labute approximate surface area is 156 Å². The molecular formula is C19H20ClFN2O3. The van der Waals surface area contributed by atoms with E-state index in [0.717, 1.165) is 5.56 Å². The summed E-state index contributed by atoms with van der Waals surface area (Å²) in [7, 11) is 1.74. The van der Waals surface area contributed by atoms with E-state index in [4.69, 9.17) is 21.1 Å². The van der Waals surface area contributed by atoms with Gasteiger partial charge in [-0.1, -0.05) is 23.7 Å². The van der Waals surface area contributed by atoms with Crippen LogP contribution in [0.1, 0.15) is 24.1 Å². The third-order valence-corrected chi connectivity index (χ3v) is 4.53. The fraction of sp³-hybridized carbons (Fsp3) is 0.316. The molecule has 7 heteroatoms. The number of carbonyl (C=O) groups is 1. The van der Waals surface area contributed by atoms with E-state index in [1.807, 2.05) is 25.1 Å². The number of amides is 1. The van der Waals surface area contributed by atoms with Crippen LogP contribution in [0.4, 0.5) is 4.39 Å². The second kappa shape index (κ2) is 7.93. The van der Waals surface area contributed by atoms with Gasteiger partial charge in [0.25, 0.3) is 0 Å². The Bertz CT molecular complexity index is 795. The number of carbonyl (C=O) groups excluding carboxylic acids is 1. The predicted octanol–water partition coefficient (Wildman–Crippen LogP) is 3.52. The summed E-state index contributed by atoms with van der Waals surface area (Å²) in [6.07, 6.45) is 0. The molecule has 0 radical (unpaired) electrons. The van der Waals surface area contributed by atoms with E-state index in [1.165, 1.54) is 6.07 Å². The summed E-state index contributed by atoms with van der Waals surface area (Å²) in [5.41, 5.74) is 1.30. The summed E-state index contributed by atoms with van der Waals surface area (Å²) in [5, 5.41) is 3.28. The van der Waals surface area contributed by atoms with Gasteiger partial charge in [-0.3, -0.25) is 9.69 Å². The molecule has 0 bridgehead atoms. The van der Waals surface area contributed by atoms with Crippen molar-refractivity contribution in [3.8, 4) is 11.5 Å².